The van der Waals surface area contributed by atoms with Crippen molar-refractivity contribution in [1.82, 2.24) is 0 Å². The van der Waals surface area contributed by atoms with Gasteiger partial charge in [0.05, 0.1) is 18.0 Å². The normalized spacial score (nSPS) is 15.8. The van der Waals surface area contributed by atoms with Crippen molar-refractivity contribution in [3.63, 3.8) is 0 Å². The number of nitrogen functional groups attached to an aromatic ring is 1. The average Bonchev–Trinajstić information content (AvgIpc) is 2.87. The lowest BCUT2D eigenvalue weighted by molar-refractivity contribution is 0.342. The number of rotatable bonds is 6. The molecule has 1 aromatic rings. The molecular weight excluding hydrogens is 224 g/mol. The number of nitrogens with two attached hydrogens (primary N) is 1. The molecule has 0 radical (unpaired) electrons. The molecular formula is C15H24N2O. The van der Waals surface area contributed by atoms with Crippen LogP contribution in [0.5, 0.6) is 5.75 Å². The van der Waals surface area contributed by atoms with Crippen LogP contribution in [-0.4, -0.2) is 13.2 Å². The predicted octanol–water partition coefficient (Wildman–Crippen LogP) is 3.66. The van der Waals surface area contributed by atoms with Crippen LogP contribution in [0.15, 0.2) is 18.2 Å². The summed E-state index contributed by atoms with van der Waals surface area (Å²) < 4.78 is 5.49. The fourth-order valence-corrected chi connectivity index (χ4v) is 2.69. The number of ether oxygens (including phenoxy) is 1. The minimum Gasteiger partial charge on any atom is -0.492 e. The summed E-state index contributed by atoms with van der Waals surface area (Å²) in [5.41, 5.74) is 7.80. The highest BCUT2D eigenvalue weighted by molar-refractivity contribution is 5.72. The van der Waals surface area contributed by atoms with Gasteiger partial charge in [0.15, 0.2) is 0 Å². The second-order valence-corrected chi connectivity index (χ2v) is 5.02. The molecule has 0 aromatic heterocycles. The van der Waals surface area contributed by atoms with E-state index in [2.05, 4.69) is 5.32 Å². The highest BCUT2D eigenvalue weighted by atomic mass is 16.5. The molecule has 0 heterocycles. The molecule has 0 aliphatic heterocycles. The van der Waals surface area contributed by atoms with Gasteiger partial charge in [0, 0.05) is 6.54 Å². The third kappa shape index (κ3) is 3.31. The Hall–Kier alpha value is -1.38. The van der Waals surface area contributed by atoms with E-state index in [-0.39, 0.29) is 0 Å². The number of nitrogens with one attached hydrogen (secondary N) is 1. The number of para-hydroxylation sites is 1. The average molecular weight is 248 g/mol. The Kier molecular flexibility index (Phi) is 4.73. The molecule has 1 saturated carbocycles. The molecule has 18 heavy (non-hydrogen) atoms. The van der Waals surface area contributed by atoms with Crippen LogP contribution in [0.25, 0.3) is 0 Å². The summed E-state index contributed by atoms with van der Waals surface area (Å²) in [6, 6.07) is 5.92. The molecule has 0 atom stereocenters. The molecule has 1 aliphatic rings. The monoisotopic (exact) mass is 248 g/mol. The highest BCUT2D eigenvalue weighted by Crippen LogP contribution is 2.30. The maximum Gasteiger partial charge on any atom is 0.144 e. The third-order valence-corrected chi connectivity index (χ3v) is 3.71. The van der Waals surface area contributed by atoms with Gasteiger partial charge in [0.1, 0.15) is 5.75 Å². The predicted molar refractivity (Wildman–Crippen MR) is 77.1 cm³/mol. The molecule has 0 saturated heterocycles. The van der Waals surface area contributed by atoms with Gasteiger partial charge in [-0.25, -0.2) is 0 Å². The van der Waals surface area contributed by atoms with Gasteiger partial charge in [-0.1, -0.05) is 31.7 Å². The Balaban J connectivity index is 1.86. The minimum absolute atomic E-state index is 0.649. The van der Waals surface area contributed by atoms with E-state index in [4.69, 9.17) is 10.5 Å². The van der Waals surface area contributed by atoms with Crippen molar-refractivity contribution >= 4 is 11.4 Å². The molecule has 2 rings (SSSR count). The fourth-order valence-electron chi connectivity index (χ4n) is 2.69. The van der Waals surface area contributed by atoms with E-state index in [1.165, 1.54) is 32.1 Å². The minimum atomic E-state index is 0.649. The first-order valence-corrected chi connectivity index (χ1v) is 7.06. The molecule has 0 bridgehead atoms. The van der Waals surface area contributed by atoms with Gasteiger partial charge >= 0.3 is 0 Å². The van der Waals surface area contributed by atoms with Crippen LogP contribution in [0.2, 0.25) is 0 Å². The summed E-state index contributed by atoms with van der Waals surface area (Å²) >= 11 is 0. The lowest BCUT2D eigenvalue weighted by atomic mass is 10.0. The first-order chi connectivity index (χ1) is 8.81. The van der Waals surface area contributed by atoms with Crippen LogP contribution < -0.4 is 15.8 Å². The van der Waals surface area contributed by atoms with Crippen LogP contribution in [0.4, 0.5) is 11.4 Å². The zero-order valence-corrected chi connectivity index (χ0v) is 11.2. The Labute approximate surface area is 110 Å². The van der Waals surface area contributed by atoms with Crippen LogP contribution in [0, 0.1) is 5.92 Å². The van der Waals surface area contributed by atoms with E-state index in [1.54, 1.807) is 0 Å². The van der Waals surface area contributed by atoms with Crippen molar-refractivity contribution in [1.29, 1.82) is 0 Å². The largest absolute Gasteiger partial charge is 0.492 e. The van der Waals surface area contributed by atoms with Crippen LogP contribution in [-0.2, 0) is 0 Å². The van der Waals surface area contributed by atoms with Crippen LogP contribution >= 0.6 is 0 Å². The molecule has 3 nitrogen and oxygen atoms in total. The molecule has 3 N–H and O–H groups in total. The standard InChI is InChI=1S/C15H24N2O/c1-2-18-14-9-5-8-13(15(14)16)17-11-10-12-6-3-4-7-12/h5,8-9,12,17H,2-4,6-7,10-11,16H2,1H3. The second kappa shape index (κ2) is 6.53. The maximum absolute atomic E-state index is 6.08. The summed E-state index contributed by atoms with van der Waals surface area (Å²) in [4.78, 5) is 0. The Morgan fingerprint density at radius 2 is 2.11 bits per heavy atom. The quantitative estimate of drug-likeness (QED) is 0.755. The molecule has 0 unspecified atom stereocenters. The number of hydrogen-bond donors (Lipinski definition) is 2. The van der Waals surface area contributed by atoms with Crippen molar-refractivity contribution in [2.24, 2.45) is 5.92 Å². The van der Waals surface area contributed by atoms with Crippen molar-refractivity contribution in [2.75, 3.05) is 24.2 Å². The van der Waals surface area contributed by atoms with E-state index in [0.29, 0.717) is 6.61 Å². The zero-order chi connectivity index (χ0) is 12.8. The van der Waals surface area contributed by atoms with Gasteiger partial charge in [-0.05, 0) is 31.4 Å². The number of benzene rings is 1. The van der Waals surface area contributed by atoms with Crippen molar-refractivity contribution in [2.45, 2.75) is 39.0 Å². The van der Waals surface area contributed by atoms with Gasteiger partial charge in [0.2, 0.25) is 0 Å². The molecule has 1 fully saturated rings. The summed E-state index contributed by atoms with van der Waals surface area (Å²) in [6.45, 7) is 3.62. The topological polar surface area (TPSA) is 47.3 Å². The Bertz CT molecular complexity index is 373. The first-order valence-electron chi connectivity index (χ1n) is 7.06. The van der Waals surface area contributed by atoms with Gasteiger partial charge in [-0.15, -0.1) is 0 Å². The second-order valence-electron chi connectivity index (χ2n) is 5.02. The lowest BCUT2D eigenvalue weighted by Crippen LogP contribution is -2.09. The Morgan fingerprint density at radius 1 is 1.33 bits per heavy atom. The molecule has 1 aromatic carbocycles. The van der Waals surface area contributed by atoms with E-state index < -0.39 is 0 Å². The molecule has 3 heteroatoms. The van der Waals surface area contributed by atoms with E-state index in [1.807, 2.05) is 25.1 Å². The fraction of sp³-hybridized carbons (Fsp3) is 0.600. The molecule has 0 spiro atoms. The van der Waals surface area contributed by atoms with Crippen molar-refractivity contribution in [3.8, 4) is 5.75 Å². The van der Waals surface area contributed by atoms with Crippen molar-refractivity contribution < 1.29 is 4.74 Å². The maximum atomic E-state index is 6.08. The summed E-state index contributed by atoms with van der Waals surface area (Å²) in [5, 5.41) is 3.43. The van der Waals surface area contributed by atoms with Gasteiger partial charge in [-0.2, -0.15) is 0 Å². The van der Waals surface area contributed by atoms with Crippen molar-refractivity contribution in [3.05, 3.63) is 18.2 Å². The third-order valence-electron chi connectivity index (χ3n) is 3.71. The molecule has 0 amide bonds. The Morgan fingerprint density at radius 3 is 2.83 bits per heavy atom. The van der Waals surface area contributed by atoms with Crippen LogP contribution in [0.3, 0.4) is 0 Å². The summed E-state index contributed by atoms with van der Waals surface area (Å²) in [5.74, 6) is 1.69. The summed E-state index contributed by atoms with van der Waals surface area (Å²) in [6.07, 6.45) is 6.86. The number of hydrogen-bond acceptors (Lipinski definition) is 3. The molecule has 100 valence electrons. The SMILES string of the molecule is CCOc1cccc(NCCC2CCCC2)c1N. The van der Waals surface area contributed by atoms with Gasteiger partial charge in [0.25, 0.3) is 0 Å². The summed E-state index contributed by atoms with van der Waals surface area (Å²) in [7, 11) is 0. The van der Waals surface area contributed by atoms with Gasteiger partial charge < -0.3 is 15.8 Å². The first kappa shape index (κ1) is 13.1. The van der Waals surface area contributed by atoms with Gasteiger partial charge in [-0.3, -0.25) is 0 Å². The highest BCUT2D eigenvalue weighted by Gasteiger charge is 2.14. The van der Waals surface area contributed by atoms with Crippen LogP contribution in [0.1, 0.15) is 39.0 Å². The lowest BCUT2D eigenvalue weighted by Gasteiger charge is -2.14. The van der Waals surface area contributed by atoms with E-state index >= 15 is 0 Å². The number of anilines is 2. The van der Waals surface area contributed by atoms with E-state index in [0.717, 1.165) is 29.6 Å². The van der Waals surface area contributed by atoms with E-state index in [9.17, 15) is 0 Å². The molecule has 1 aliphatic carbocycles. The smallest absolute Gasteiger partial charge is 0.144 e. The zero-order valence-electron chi connectivity index (χ0n) is 11.2.